The lowest BCUT2D eigenvalue weighted by atomic mass is 9.90. The van der Waals surface area contributed by atoms with Gasteiger partial charge in [0.05, 0.1) is 26.0 Å². The first kappa shape index (κ1) is 20.2. The smallest absolute Gasteiger partial charge is 0.200 e. The molecule has 0 N–H and O–H groups in total. The number of nitrogens with zero attached hydrogens (tertiary/aromatic N) is 3. The van der Waals surface area contributed by atoms with Crippen LogP contribution in [0.25, 0.3) is 0 Å². The van der Waals surface area contributed by atoms with E-state index in [2.05, 4.69) is 42.0 Å². The number of hydrogen-bond acceptors (Lipinski definition) is 6. The molecule has 164 valence electrons. The molecule has 1 spiro atoms. The van der Waals surface area contributed by atoms with Crippen molar-refractivity contribution in [2.45, 2.75) is 50.9 Å². The SMILES string of the molecule is COc1ccc(C2=NN3C(C2)c2cccc(OC)c2OC32CCN(C(C)C)CC2)cc1. The standard InChI is InChI=1S/C25H31N3O3/c1-17(2)27-14-12-25(13-15-27)28-22(20-6-5-7-23(30-4)24(20)31-25)16-21(26-28)18-8-10-19(29-3)11-9-18/h5-11,17,22H,12-16H2,1-4H3. The van der Waals surface area contributed by atoms with Crippen LogP contribution >= 0.6 is 0 Å². The fourth-order valence-corrected chi connectivity index (χ4v) is 5.11. The highest BCUT2D eigenvalue weighted by atomic mass is 16.5. The Kier molecular flexibility index (Phi) is 5.05. The number of hydrogen-bond donors (Lipinski definition) is 0. The number of benzene rings is 2. The second-order valence-electron chi connectivity index (χ2n) is 8.90. The highest BCUT2D eigenvalue weighted by Gasteiger charge is 2.52. The van der Waals surface area contributed by atoms with Gasteiger partial charge in [-0.05, 0) is 49.7 Å². The minimum absolute atomic E-state index is 0.154. The molecule has 0 radical (unpaired) electrons. The van der Waals surface area contributed by atoms with Crippen LogP contribution in [-0.4, -0.2) is 54.7 Å². The summed E-state index contributed by atoms with van der Waals surface area (Å²) in [6.45, 7) is 6.52. The molecular formula is C25H31N3O3. The van der Waals surface area contributed by atoms with Crippen LogP contribution in [0.3, 0.4) is 0 Å². The zero-order chi connectivity index (χ0) is 21.6. The van der Waals surface area contributed by atoms with Crippen molar-refractivity contribution in [3.8, 4) is 17.2 Å². The third-order valence-corrected chi connectivity index (χ3v) is 6.94. The van der Waals surface area contributed by atoms with Gasteiger partial charge in [-0.15, -0.1) is 0 Å². The van der Waals surface area contributed by atoms with Crippen LogP contribution in [0.1, 0.15) is 50.3 Å². The van der Waals surface area contributed by atoms with E-state index in [1.165, 1.54) is 0 Å². The summed E-state index contributed by atoms with van der Waals surface area (Å²) in [5.74, 6) is 2.55. The molecule has 6 heteroatoms. The number of piperidine rings is 1. The normalized spacial score (nSPS) is 22.0. The molecule has 0 amide bonds. The van der Waals surface area contributed by atoms with Crippen molar-refractivity contribution in [3.63, 3.8) is 0 Å². The average molecular weight is 422 g/mol. The monoisotopic (exact) mass is 421 g/mol. The van der Waals surface area contributed by atoms with Gasteiger partial charge in [0.15, 0.2) is 11.5 Å². The first-order chi connectivity index (χ1) is 15.0. The Labute approximate surface area is 184 Å². The van der Waals surface area contributed by atoms with Gasteiger partial charge in [-0.2, -0.15) is 5.10 Å². The molecule has 6 nitrogen and oxygen atoms in total. The van der Waals surface area contributed by atoms with Gasteiger partial charge in [-0.3, -0.25) is 0 Å². The summed E-state index contributed by atoms with van der Waals surface area (Å²) in [6, 6.07) is 15.1. The number of para-hydroxylation sites is 1. The number of methoxy groups -OCH3 is 2. The van der Waals surface area contributed by atoms with E-state index in [0.717, 1.165) is 66.4 Å². The van der Waals surface area contributed by atoms with E-state index in [4.69, 9.17) is 19.3 Å². The lowest BCUT2D eigenvalue weighted by Crippen LogP contribution is -2.59. The van der Waals surface area contributed by atoms with E-state index < -0.39 is 5.72 Å². The van der Waals surface area contributed by atoms with Crippen molar-refractivity contribution in [2.24, 2.45) is 5.10 Å². The molecule has 0 bridgehead atoms. The van der Waals surface area contributed by atoms with Gasteiger partial charge in [0, 0.05) is 44.0 Å². The molecule has 3 aliphatic rings. The van der Waals surface area contributed by atoms with Crippen molar-refractivity contribution in [3.05, 3.63) is 53.6 Å². The van der Waals surface area contributed by atoms with Gasteiger partial charge in [-0.25, -0.2) is 5.01 Å². The van der Waals surface area contributed by atoms with E-state index in [1.54, 1.807) is 14.2 Å². The molecule has 0 aromatic heterocycles. The number of fused-ring (bicyclic) bond motifs is 4. The summed E-state index contributed by atoms with van der Waals surface area (Å²) in [6.07, 6.45) is 2.68. The third kappa shape index (κ3) is 3.33. The Balaban J connectivity index is 1.54. The van der Waals surface area contributed by atoms with Crippen LogP contribution in [0.2, 0.25) is 0 Å². The third-order valence-electron chi connectivity index (χ3n) is 6.94. The second kappa shape index (κ2) is 7.75. The van der Waals surface area contributed by atoms with Gasteiger partial charge >= 0.3 is 0 Å². The fourth-order valence-electron chi connectivity index (χ4n) is 5.11. The van der Waals surface area contributed by atoms with Crippen LogP contribution in [0.15, 0.2) is 47.6 Å². The zero-order valence-corrected chi connectivity index (χ0v) is 18.8. The summed E-state index contributed by atoms with van der Waals surface area (Å²) in [7, 11) is 3.41. The molecular weight excluding hydrogens is 390 g/mol. The minimum atomic E-state index is -0.439. The molecule has 0 aliphatic carbocycles. The Morgan fingerprint density at radius 3 is 2.42 bits per heavy atom. The molecule has 3 aliphatic heterocycles. The maximum absolute atomic E-state index is 6.79. The van der Waals surface area contributed by atoms with E-state index >= 15 is 0 Å². The van der Waals surface area contributed by atoms with Crippen molar-refractivity contribution >= 4 is 5.71 Å². The summed E-state index contributed by atoms with van der Waals surface area (Å²) < 4.78 is 17.8. The number of hydrazone groups is 1. The number of likely N-dealkylation sites (tertiary alicyclic amines) is 1. The molecule has 1 unspecified atom stereocenters. The maximum atomic E-state index is 6.79. The Bertz CT molecular complexity index is 978. The topological polar surface area (TPSA) is 46.5 Å². The van der Waals surface area contributed by atoms with Crippen LogP contribution < -0.4 is 14.2 Å². The highest BCUT2D eigenvalue weighted by Crippen LogP contribution is 2.52. The van der Waals surface area contributed by atoms with Gasteiger partial charge < -0.3 is 19.1 Å². The minimum Gasteiger partial charge on any atom is -0.497 e. The largest absolute Gasteiger partial charge is 0.497 e. The maximum Gasteiger partial charge on any atom is 0.200 e. The van der Waals surface area contributed by atoms with E-state index in [1.807, 2.05) is 24.3 Å². The molecule has 3 heterocycles. The second-order valence-corrected chi connectivity index (χ2v) is 8.90. The molecule has 31 heavy (non-hydrogen) atoms. The van der Waals surface area contributed by atoms with Crippen LogP contribution in [0.4, 0.5) is 0 Å². The van der Waals surface area contributed by atoms with E-state index in [9.17, 15) is 0 Å². The summed E-state index contributed by atoms with van der Waals surface area (Å²) in [4.78, 5) is 2.52. The van der Waals surface area contributed by atoms with Gasteiger partial charge in [-0.1, -0.05) is 12.1 Å². The van der Waals surface area contributed by atoms with Crippen molar-refractivity contribution in [2.75, 3.05) is 27.3 Å². The molecule has 2 aromatic rings. The molecule has 1 saturated heterocycles. The number of rotatable bonds is 4. The molecule has 2 aromatic carbocycles. The first-order valence-corrected chi connectivity index (χ1v) is 11.2. The zero-order valence-electron chi connectivity index (χ0n) is 18.8. The Morgan fingerprint density at radius 1 is 1.03 bits per heavy atom. The van der Waals surface area contributed by atoms with Crippen LogP contribution in [-0.2, 0) is 0 Å². The highest BCUT2D eigenvalue weighted by molar-refractivity contribution is 6.02. The first-order valence-electron chi connectivity index (χ1n) is 11.2. The fraction of sp³-hybridized carbons (Fsp3) is 0.480. The average Bonchev–Trinajstić information content (AvgIpc) is 3.26. The molecule has 1 fully saturated rings. The quantitative estimate of drug-likeness (QED) is 0.730. The van der Waals surface area contributed by atoms with E-state index in [0.29, 0.717) is 6.04 Å². The molecule has 5 rings (SSSR count). The van der Waals surface area contributed by atoms with Gasteiger partial charge in [0.1, 0.15) is 5.75 Å². The Hall–Kier alpha value is -2.73. The number of ether oxygens (including phenoxy) is 3. The van der Waals surface area contributed by atoms with Crippen molar-refractivity contribution in [1.29, 1.82) is 0 Å². The van der Waals surface area contributed by atoms with Gasteiger partial charge in [0.25, 0.3) is 0 Å². The lowest BCUT2D eigenvalue weighted by Gasteiger charge is -2.51. The van der Waals surface area contributed by atoms with Crippen molar-refractivity contribution in [1.82, 2.24) is 9.91 Å². The van der Waals surface area contributed by atoms with E-state index in [-0.39, 0.29) is 6.04 Å². The lowest BCUT2D eigenvalue weighted by molar-refractivity contribution is -0.153. The molecule has 0 saturated carbocycles. The molecule has 1 atom stereocenters. The Morgan fingerprint density at radius 2 is 1.77 bits per heavy atom. The van der Waals surface area contributed by atoms with Crippen molar-refractivity contribution < 1.29 is 14.2 Å². The predicted molar refractivity (Wildman–Crippen MR) is 121 cm³/mol. The summed E-state index contributed by atoms with van der Waals surface area (Å²) in [5.41, 5.74) is 2.95. The van der Waals surface area contributed by atoms with Gasteiger partial charge in [0.2, 0.25) is 5.72 Å². The van der Waals surface area contributed by atoms with Crippen LogP contribution in [0.5, 0.6) is 17.2 Å². The van der Waals surface area contributed by atoms with Crippen LogP contribution in [0, 0.1) is 0 Å². The summed E-state index contributed by atoms with van der Waals surface area (Å²) in [5, 5.41) is 7.42. The predicted octanol–water partition coefficient (Wildman–Crippen LogP) is 4.45. The summed E-state index contributed by atoms with van der Waals surface area (Å²) >= 11 is 0.